The molecule has 0 saturated carbocycles. The van der Waals surface area contributed by atoms with E-state index >= 15 is 0 Å². The van der Waals surface area contributed by atoms with E-state index in [2.05, 4.69) is 52.8 Å². The molecular weight excluding hydrogens is 362 g/mol. The first-order chi connectivity index (χ1) is 14.2. The van der Waals surface area contributed by atoms with E-state index in [0.29, 0.717) is 11.5 Å². The second-order valence-electron chi connectivity index (χ2n) is 7.97. The number of benzene rings is 2. The first kappa shape index (κ1) is 19.4. The lowest BCUT2D eigenvalue weighted by Gasteiger charge is -2.42. The molecule has 0 aromatic heterocycles. The Morgan fingerprint density at radius 1 is 1.14 bits per heavy atom. The summed E-state index contributed by atoms with van der Waals surface area (Å²) in [5.41, 5.74) is 5.70. The molecule has 0 spiro atoms. The molecule has 5 nitrogen and oxygen atoms in total. The minimum absolute atomic E-state index is 0.0433. The van der Waals surface area contributed by atoms with Crippen LogP contribution in [0.15, 0.2) is 65.3 Å². The Bertz CT molecular complexity index is 919. The minimum Gasteiger partial charge on any atom is -0.411 e. The van der Waals surface area contributed by atoms with Crippen molar-refractivity contribution in [3.05, 3.63) is 76.9 Å². The number of rotatable bonds is 4. The standard InChI is InChI=1S/C24H27N3O2/c1-27-14-13-21-20(18-5-3-2-4-6-18)11-12-23(22(21)16-27)26-24(28)19-9-7-17(8-10-19)15-25-29/h2-10,15,22-23,29H,11-14,16H2,1H3,(H,26,28)/b25-15+. The average Bonchev–Trinajstić information content (AvgIpc) is 2.75. The van der Waals surface area contributed by atoms with Crippen molar-refractivity contribution in [2.75, 3.05) is 20.1 Å². The molecule has 1 aliphatic heterocycles. The number of piperidine rings is 1. The van der Waals surface area contributed by atoms with Crippen LogP contribution in [-0.4, -0.2) is 48.4 Å². The summed E-state index contributed by atoms with van der Waals surface area (Å²) in [5, 5.41) is 15.0. The number of oxime groups is 1. The molecule has 5 heteroatoms. The summed E-state index contributed by atoms with van der Waals surface area (Å²) in [7, 11) is 2.16. The molecule has 4 rings (SSSR count). The fraction of sp³-hybridized carbons (Fsp3) is 0.333. The highest BCUT2D eigenvalue weighted by Gasteiger charge is 2.36. The molecule has 1 heterocycles. The molecule has 29 heavy (non-hydrogen) atoms. The van der Waals surface area contributed by atoms with Gasteiger partial charge in [0.1, 0.15) is 0 Å². The van der Waals surface area contributed by atoms with Gasteiger partial charge in [-0.25, -0.2) is 0 Å². The third-order valence-electron chi connectivity index (χ3n) is 6.12. The smallest absolute Gasteiger partial charge is 0.251 e. The zero-order valence-corrected chi connectivity index (χ0v) is 16.7. The molecule has 1 fully saturated rings. The van der Waals surface area contributed by atoms with Gasteiger partial charge in [-0.2, -0.15) is 0 Å². The van der Waals surface area contributed by atoms with Crippen LogP contribution in [0.2, 0.25) is 0 Å². The number of amides is 1. The molecule has 2 aliphatic rings. The van der Waals surface area contributed by atoms with Crippen molar-refractivity contribution >= 4 is 17.7 Å². The summed E-state index contributed by atoms with van der Waals surface area (Å²) in [4.78, 5) is 15.2. The molecule has 2 N–H and O–H groups in total. The maximum Gasteiger partial charge on any atom is 0.251 e. The Labute approximate surface area is 171 Å². The van der Waals surface area contributed by atoms with Gasteiger partial charge in [0.05, 0.1) is 6.21 Å². The number of carbonyl (C=O) groups is 1. The average molecular weight is 389 g/mol. The fourth-order valence-electron chi connectivity index (χ4n) is 4.62. The molecule has 1 saturated heterocycles. The van der Waals surface area contributed by atoms with Crippen molar-refractivity contribution in [1.29, 1.82) is 0 Å². The van der Waals surface area contributed by atoms with E-state index in [0.717, 1.165) is 37.9 Å². The van der Waals surface area contributed by atoms with Gasteiger partial charge in [-0.05, 0) is 55.1 Å². The zero-order valence-electron chi connectivity index (χ0n) is 16.7. The van der Waals surface area contributed by atoms with E-state index in [1.807, 2.05) is 0 Å². The van der Waals surface area contributed by atoms with Crippen molar-refractivity contribution in [1.82, 2.24) is 10.2 Å². The van der Waals surface area contributed by atoms with Crippen molar-refractivity contribution in [3.8, 4) is 0 Å². The number of allylic oxidation sites excluding steroid dienone is 1. The Morgan fingerprint density at radius 3 is 2.62 bits per heavy atom. The quantitative estimate of drug-likeness (QED) is 0.475. The molecule has 2 aromatic carbocycles. The molecule has 150 valence electrons. The monoisotopic (exact) mass is 389 g/mol. The number of nitrogens with one attached hydrogen (secondary N) is 1. The van der Waals surface area contributed by atoms with Gasteiger partial charge in [0.15, 0.2) is 0 Å². The molecule has 1 aliphatic carbocycles. The van der Waals surface area contributed by atoms with Gasteiger partial charge in [-0.15, -0.1) is 0 Å². The lowest BCUT2D eigenvalue weighted by Crippen LogP contribution is -2.49. The van der Waals surface area contributed by atoms with Crippen LogP contribution >= 0.6 is 0 Å². The van der Waals surface area contributed by atoms with E-state index in [1.54, 1.807) is 24.3 Å². The van der Waals surface area contributed by atoms with Crippen LogP contribution in [0, 0.1) is 5.92 Å². The van der Waals surface area contributed by atoms with Crippen LogP contribution in [0.4, 0.5) is 0 Å². The maximum atomic E-state index is 12.9. The van der Waals surface area contributed by atoms with Crippen molar-refractivity contribution < 1.29 is 10.0 Å². The second-order valence-corrected chi connectivity index (χ2v) is 7.97. The van der Waals surface area contributed by atoms with Gasteiger partial charge >= 0.3 is 0 Å². The highest BCUT2D eigenvalue weighted by atomic mass is 16.4. The second kappa shape index (κ2) is 8.62. The van der Waals surface area contributed by atoms with E-state index < -0.39 is 0 Å². The zero-order chi connectivity index (χ0) is 20.2. The lowest BCUT2D eigenvalue weighted by molar-refractivity contribution is 0.0909. The number of fused-ring (bicyclic) bond motifs is 1. The summed E-state index contributed by atoms with van der Waals surface area (Å²) >= 11 is 0. The molecule has 2 unspecified atom stereocenters. The highest BCUT2D eigenvalue weighted by Crippen LogP contribution is 2.40. The summed E-state index contributed by atoms with van der Waals surface area (Å²) in [6.45, 7) is 2.04. The van der Waals surface area contributed by atoms with Crippen LogP contribution in [0.25, 0.3) is 5.57 Å². The van der Waals surface area contributed by atoms with E-state index in [1.165, 1.54) is 22.9 Å². The van der Waals surface area contributed by atoms with Gasteiger partial charge in [0.25, 0.3) is 5.91 Å². The first-order valence-electron chi connectivity index (χ1n) is 10.2. The number of carbonyl (C=O) groups excluding carboxylic acids is 1. The van der Waals surface area contributed by atoms with E-state index in [4.69, 9.17) is 5.21 Å². The van der Waals surface area contributed by atoms with E-state index in [9.17, 15) is 4.79 Å². The summed E-state index contributed by atoms with van der Waals surface area (Å²) in [6, 6.07) is 17.9. The van der Waals surface area contributed by atoms with Gasteiger partial charge in [0, 0.05) is 30.6 Å². The van der Waals surface area contributed by atoms with Crippen LogP contribution in [0.1, 0.15) is 40.7 Å². The number of hydrogen-bond donors (Lipinski definition) is 2. The Kier molecular flexibility index (Phi) is 5.76. The highest BCUT2D eigenvalue weighted by molar-refractivity contribution is 5.95. The first-order valence-corrected chi connectivity index (χ1v) is 10.2. The molecule has 2 atom stereocenters. The van der Waals surface area contributed by atoms with Gasteiger partial charge in [-0.3, -0.25) is 4.79 Å². The third kappa shape index (κ3) is 4.25. The van der Waals surface area contributed by atoms with Gasteiger partial charge in [-0.1, -0.05) is 53.2 Å². The number of likely N-dealkylation sites (tertiary alicyclic amines) is 1. The van der Waals surface area contributed by atoms with Crippen LogP contribution < -0.4 is 5.32 Å². The minimum atomic E-state index is -0.0433. The van der Waals surface area contributed by atoms with Crippen LogP contribution in [-0.2, 0) is 0 Å². The summed E-state index contributed by atoms with van der Waals surface area (Å²) in [5.74, 6) is 0.306. The van der Waals surface area contributed by atoms with Gasteiger partial charge in [0.2, 0.25) is 0 Å². The summed E-state index contributed by atoms with van der Waals surface area (Å²) in [6.07, 6.45) is 4.36. The molecule has 0 radical (unpaired) electrons. The predicted octanol–water partition coefficient (Wildman–Crippen LogP) is 3.79. The lowest BCUT2D eigenvalue weighted by atomic mass is 9.74. The molecule has 0 bridgehead atoms. The van der Waals surface area contributed by atoms with Crippen LogP contribution in [0.3, 0.4) is 0 Å². The van der Waals surface area contributed by atoms with Crippen LogP contribution in [0.5, 0.6) is 0 Å². The summed E-state index contributed by atoms with van der Waals surface area (Å²) < 4.78 is 0. The van der Waals surface area contributed by atoms with Crippen molar-refractivity contribution in [3.63, 3.8) is 0 Å². The number of nitrogens with zero attached hydrogens (tertiary/aromatic N) is 2. The maximum absolute atomic E-state index is 12.9. The van der Waals surface area contributed by atoms with Crippen molar-refractivity contribution in [2.24, 2.45) is 11.1 Å². The SMILES string of the molecule is CN1CCC2=C(c3ccccc3)CCC(NC(=O)c3ccc(/C=N/O)cc3)C2C1. The third-order valence-corrected chi connectivity index (χ3v) is 6.12. The molecule has 1 amide bonds. The fourth-order valence-corrected chi connectivity index (χ4v) is 4.62. The Morgan fingerprint density at radius 2 is 1.90 bits per heavy atom. The predicted molar refractivity (Wildman–Crippen MR) is 115 cm³/mol. The Balaban J connectivity index is 1.55. The van der Waals surface area contributed by atoms with E-state index in [-0.39, 0.29) is 11.9 Å². The topological polar surface area (TPSA) is 64.9 Å². The van der Waals surface area contributed by atoms with Gasteiger partial charge < -0.3 is 15.4 Å². The Hall–Kier alpha value is -2.92. The van der Waals surface area contributed by atoms with Crippen molar-refractivity contribution in [2.45, 2.75) is 25.3 Å². The largest absolute Gasteiger partial charge is 0.411 e. The normalized spacial score (nSPS) is 22.5. The molecular formula is C24H27N3O2. The number of hydrogen-bond acceptors (Lipinski definition) is 4. The molecule has 2 aromatic rings.